The molecule has 1 amide bonds. The van der Waals surface area contributed by atoms with Crippen LogP contribution in [0.5, 0.6) is 5.75 Å². The molecule has 0 atom stereocenters. The van der Waals surface area contributed by atoms with E-state index in [1.165, 1.54) is 12.1 Å². The summed E-state index contributed by atoms with van der Waals surface area (Å²) in [5.74, 6) is -13.7. The molecule has 1 heterocycles. The highest BCUT2D eigenvalue weighted by Gasteiger charge is 2.73. The number of aliphatic hydroxyl groups is 1. The first kappa shape index (κ1) is 25.3. The molecule has 0 bridgehead atoms. The molecule has 1 aromatic carbocycles. The molecule has 0 fully saturated rings. The van der Waals surface area contributed by atoms with Gasteiger partial charge in [-0.05, 0) is 36.4 Å². The number of amides is 1. The van der Waals surface area contributed by atoms with Gasteiger partial charge in [0.05, 0.1) is 22.8 Å². The lowest BCUT2D eigenvalue weighted by Crippen LogP contribution is -2.54. The van der Waals surface area contributed by atoms with Crippen molar-refractivity contribution >= 4 is 15.9 Å². The summed E-state index contributed by atoms with van der Waals surface area (Å²) in [5.41, 5.74) is 0.0529. The highest BCUT2D eigenvalue weighted by atomic mass is 32.2. The summed E-state index contributed by atoms with van der Waals surface area (Å²) in [6.45, 7) is -2.74. The topological polar surface area (TPSA) is 106 Å². The third-order valence-electron chi connectivity index (χ3n) is 3.85. The number of carbonyl (C=O) groups is 1. The Morgan fingerprint density at radius 1 is 1.00 bits per heavy atom. The fourth-order valence-electron chi connectivity index (χ4n) is 2.08. The van der Waals surface area contributed by atoms with E-state index in [0.717, 1.165) is 30.5 Å². The van der Waals surface area contributed by atoms with Crippen LogP contribution < -0.4 is 9.46 Å². The lowest BCUT2D eigenvalue weighted by molar-refractivity contribution is -0.358. The van der Waals surface area contributed by atoms with Gasteiger partial charge in [-0.15, -0.1) is 0 Å². The smallest absolute Gasteiger partial charge is 0.460 e. The van der Waals surface area contributed by atoms with Crippen LogP contribution in [0.15, 0.2) is 47.5 Å². The molecule has 0 aliphatic carbocycles. The number of nitrogens with one attached hydrogen (secondary N) is 1. The maximum atomic E-state index is 13.2. The Balaban J connectivity index is 2.08. The number of sulfonamides is 1. The number of rotatable bonds is 8. The van der Waals surface area contributed by atoms with E-state index in [1.54, 1.807) is 4.72 Å². The number of pyridine rings is 1. The molecular formula is C17H13F7N2O5S. The Bertz CT molecular complexity index is 1060. The molecule has 176 valence electrons. The number of carbonyl (C=O) groups excluding carboxylic acids is 1. The van der Waals surface area contributed by atoms with Gasteiger partial charge >= 0.3 is 18.0 Å². The maximum absolute atomic E-state index is 13.2. The molecule has 2 rings (SSSR count). The number of hydrogen-bond donors (Lipinski definition) is 2. The second-order valence-electron chi connectivity index (χ2n) is 6.17. The fourth-order valence-corrected chi connectivity index (χ4v) is 3.05. The summed E-state index contributed by atoms with van der Waals surface area (Å²) in [5, 5.41) is 8.88. The molecule has 0 radical (unpaired) electrons. The average molecular weight is 490 g/mol. The van der Waals surface area contributed by atoms with Crippen molar-refractivity contribution in [3.05, 3.63) is 53.9 Å². The van der Waals surface area contributed by atoms with E-state index in [0.29, 0.717) is 0 Å². The molecule has 2 N–H and O–H groups in total. The number of ether oxygens (including phenoxy) is 1. The van der Waals surface area contributed by atoms with E-state index in [1.807, 2.05) is 0 Å². The number of alkyl halides is 7. The largest absolute Gasteiger partial charge is 0.487 e. The molecule has 0 spiro atoms. The maximum Gasteiger partial charge on any atom is 0.460 e. The molecule has 0 saturated carbocycles. The van der Waals surface area contributed by atoms with E-state index in [4.69, 9.17) is 5.11 Å². The molecule has 7 nitrogen and oxygen atoms in total. The first-order chi connectivity index (χ1) is 14.6. The minimum absolute atomic E-state index is 0.168. The average Bonchev–Trinajstić information content (AvgIpc) is 2.71. The minimum atomic E-state index is -6.51. The monoisotopic (exact) mass is 490 g/mol. The van der Waals surface area contributed by atoms with Crippen molar-refractivity contribution < 1.29 is 53.8 Å². The quantitative estimate of drug-likeness (QED) is 0.552. The van der Waals surface area contributed by atoms with Gasteiger partial charge in [0, 0.05) is 6.20 Å². The highest BCUT2D eigenvalue weighted by Crippen LogP contribution is 2.46. The van der Waals surface area contributed by atoms with Crippen LogP contribution in [0.25, 0.3) is 0 Å². The summed E-state index contributed by atoms with van der Waals surface area (Å²) in [4.78, 5) is 15.2. The minimum Gasteiger partial charge on any atom is -0.487 e. The van der Waals surface area contributed by atoms with Gasteiger partial charge in [-0.3, -0.25) is 9.78 Å². The molecule has 0 saturated heterocycles. The zero-order chi connectivity index (χ0) is 24.4. The predicted molar refractivity (Wildman–Crippen MR) is 92.7 cm³/mol. The van der Waals surface area contributed by atoms with Gasteiger partial charge in [0.2, 0.25) is 0 Å². The predicted octanol–water partition coefficient (Wildman–Crippen LogP) is 2.90. The van der Waals surface area contributed by atoms with Crippen molar-refractivity contribution in [3.8, 4) is 5.75 Å². The van der Waals surface area contributed by atoms with Crippen LogP contribution in [-0.4, -0.2) is 49.0 Å². The molecule has 0 unspecified atom stereocenters. The Morgan fingerprint density at radius 2 is 1.59 bits per heavy atom. The Kier molecular flexibility index (Phi) is 7.04. The van der Waals surface area contributed by atoms with E-state index in [9.17, 15) is 43.9 Å². The molecule has 32 heavy (non-hydrogen) atoms. The number of aromatic nitrogens is 1. The fraction of sp³-hybridized carbons (Fsp3) is 0.294. The third kappa shape index (κ3) is 5.45. The van der Waals surface area contributed by atoms with E-state index >= 15 is 0 Å². The Morgan fingerprint density at radius 3 is 2.06 bits per heavy atom. The van der Waals surface area contributed by atoms with Crippen molar-refractivity contribution in [1.82, 2.24) is 9.71 Å². The van der Waals surface area contributed by atoms with Gasteiger partial charge in [-0.2, -0.15) is 30.7 Å². The first-order valence-electron chi connectivity index (χ1n) is 8.29. The Labute approximate surface area is 175 Å². The second kappa shape index (κ2) is 8.90. The van der Waals surface area contributed by atoms with Crippen molar-refractivity contribution in [2.45, 2.75) is 29.5 Å². The summed E-state index contributed by atoms with van der Waals surface area (Å²) in [7, 11) is -4.48. The van der Waals surface area contributed by atoms with Crippen molar-refractivity contribution in [3.63, 3.8) is 0 Å². The summed E-state index contributed by atoms with van der Waals surface area (Å²) in [6, 6.07) is 5.40. The van der Waals surface area contributed by atoms with E-state index in [2.05, 4.69) is 9.72 Å². The SMILES string of the molecule is O=C(NS(=O)(=O)c1ccc(OCC(F)(F)C(F)(F)C(F)(F)F)cc1)c1ccc(CO)nc1. The van der Waals surface area contributed by atoms with Crippen LogP contribution >= 0.6 is 0 Å². The summed E-state index contributed by atoms with van der Waals surface area (Å²) < 4.78 is 119. The highest BCUT2D eigenvalue weighted by molar-refractivity contribution is 7.90. The second-order valence-corrected chi connectivity index (χ2v) is 7.85. The summed E-state index contributed by atoms with van der Waals surface area (Å²) >= 11 is 0. The normalized spacial score (nSPS) is 13.0. The van der Waals surface area contributed by atoms with Crippen LogP contribution in [0.2, 0.25) is 0 Å². The molecule has 0 aliphatic rings. The number of halogens is 7. The molecule has 2 aromatic rings. The Hall–Kier alpha value is -2.94. The molecule has 1 aromatic heterocycles. The van der Waals surface area contributed by atoms with Crippen LogP contribution in [-0.2, 0) is 16.6 Å². The standard InChI is InChI=1S/C17H13F7N2O5S/c18-15(19,16(20,21)17(22,23)24)9-31-12-3-5-13(6-4-12)32(29,30)26-14(28)10-1-2-11(8-27)25-7-10/h1-7,27H,8-9H2,(H,26,28). The number of nitrogens with zero attached hydrogens (tertiary/aromatic N) is 1. The van der Waals surface area contributed by atoms with Crippen molar-refractivity contribution in [2.24, 2.45) is 0 Å². The van der Waals surface area contributed by atoms with E-state index < -0.39 is 57.8 Å². The van der Waals surface area contributed by atoms with Crippen molar-refractivity contribution in [2.75, 3.05) is 6.61 Å². The summed E-state index contributed by atoms with van der Waals surface area (Å²) in [6.07, 6.45) is -5.51. The van der Waals surface area contributed by atoms with Crippen LogP contribution in [0.3, 0.4) is 0 Å². The molecule has 15 heteroatoms. The van der Waals surface area contributed by atoms with Gasteiger partial charge in [0.25, 0.3) is 15.9 Å². The van der Waals surface area contributed by atoms with Gasteiger partial charge in [-0.25, -0.2) is 13.1 Å². The van der Waals surface area contributed by atoms with Gasteiger partial charge in [0.15, 0.2) is 6.61 Å². The zero-order valence-electron chi connectivity index (χ0n) is 15.5. The third-order valence-corrected chi connectivity index (χ3v) is 5.19. The van der Waals surface area contributed by atoms with E-state index in [-0.39, 0.29) is 11.3 Å². The molecule has 0 aliphatic heterocycles. The number of hydrogen-bond acceptors (Lipinski definition) is 6. The van der Waals surface area contributed by atoms with Crippen LogP contribution in [0.4, 0.5) is 30.7 Å². The van der Waals surface area contributed by atoms with Gasteiger partial charge in [-0.1, -0.05) is 0 Å². The lowest BCUT2D eigenvalue weighted by atomic mass is 10.2. The zero-order valence-corrected chi connectivity index (χ0v) is 16.4. The van der Waals surface area contributed by atoms with Crippen molar-refractivity contribution in [1.29, 1.82) is 0 Å². The lowest BCUT2D eigenvalue weighted by Gasteiger charge is -2.27. The van der Waals surface area contributed by atoms with Crippen LogP contribution in [0.1, 0.15) is 16.1 Å². The number of aliphatic hydroxyl groups excluding tert-OH is 1. The van der Waals surface area contributed by atoms with Gasteiger partial charge in [0.1, 0.15) is 5.75 Å². The number of benzene rings is 1. The van der Waals surface area contributed by atoms with Gasteiger partial charge < -0.3 is 9.84 Å². The first-order valence-corrected chi connectivity index (χ1v) is 9.77. The molecular weight excluding hydrogens is 477 g/mol. The van der Waals surface area contributed by atoms with Crippen LogP contribution in [0, 0.1) is 0 Å².